The Balaban J connectivity index is 1.71. The van der Waals surface area contributed by atoms with Crippen LogP contribution in [0.1, 0.15) is 11.1 Å². The molecule has 1 amide bonds. The molecule has 0 radical (unpaired) electrons. The lowest BCUT2D eigenvalue weighted by Gasteiger charge is -1.96. The molecule has 0 aromatic heterocycles. The normalized spacial score (nSPS) is 17.0. The van der Waals surface area contributed by atoms with Crippen LogP contribution in [0.2, 0.25) is 10.0 Å². The molecule has 2 aromatic carbocycles. The summed E-state index contributed by atoms with van der Waals surface area (Å²) in [6, 6.07) is 10.9. The third-order valence-corrected chi connectivity index (χ3v) is 4.82. The summed E-state index contributed by atoms with van der Waals surface area (Å²) < 4.78 is 0. The van der Waals surface area contributed by atoms with Crippen molar-refractivity contribution in [2.45, 2.75) is 0 Å². The molecule has 1 aliphatic rings. The van der Waals surface area contributed by atoms with E-state index < -0.39 is 4.92 Å². The number of nitrogens with one attached hydrogen (secondary N) is 1. The summed E-state index contributed by atoms with van der Waals surface area (Å²) >= 11 is 13.0. The Morgan fingerprint density at radius 3 is 2.56 bits per heavy atom. The highest BCUT2D eigenvalue weighted by molar-refractivity contribution is 8.18. The van der Waals surface area contributed by atoms with Crippen molar-refractivity contribution >= 4 is 64.0 Å². The number of hydrogen-bond acceptors (Lipinski definition) is 6. The van der Waals surface area contributed by atoms with Gasteiger partial charge >= 0.3 is 0 Å². The second-order valence-electron chi connectivity index (χ2n) is 5.23. The number of carbonyl (C=O) groups excluding carboxylic acids is 1. The Bertz CT molecular complexity index is 1000. The van der Waals surface area contributed by atoms with Gasteiger partial charge in [-0.15, -0.1) is 5.10 Å². The van der Waals surface area contributed by atoms with Crippen molar-refractivity contribution in [3.05, 3.63) is 78.7 Å². The molecule has 0 atom stereocenters. The summed E-state index contributed by atoms with van der Waals surface area (Å²) in [5.41, 5.74) is 1.29. The molecule has 136 valence electrons. The van der Waals surface area contributed by atoms with Crippen molar-refractivity contribution in [2.24, 2.45) is 10.2 Å². The maximum Gasteiger partial charge on any atom is 0.269 e. The number of amides is 1. The van der Waals surface area contributed by atoms with Gasteiger partial charge in [-0.05, 0) is 47.7 Å². The highest BCUT2D eigenvalue weighted by Gasteiger charge is 2.23. The Kier molecular flexibility index (Phi) is 5.90. The van der Waals surface area contributed by atoms with E-state index in [1.165, 1.54) is 18.3 Å². The zero-order valence-corrected chi connectivity index (χ0v) is 15.8. The third-order valence-electron chi connectivity index (χ3n) is 3.36. The average molecular weight is 421 g/mol. The topological polar surface area (TPSA) is 97.0 Å². The van der Waals surface area contributed by atoms with E-state index in [1.54, 1.807) is 36.4 Å². The Morgan fingerprint density at radius 2 is 1.89 bits per heavy atom. The average Bonchev–Trinajstić information content (AvgIpc) is 2.97. The fourth-order valence-electron chi connectivity index (χ4n) is 2.07. The van der Waals surface area contributed by atoms with Crippen LogP contribution in [0.15, 0.2) is 57.6 Å². The quantitative estimate of drug-likeness (QED) is 0.340. The van der Waals surface area contributed by atoms with Gasteiger partial charge in [0.2, 0.25) is 0 Å². The third kappa shape index (κ3) is 4.94. The highest BCUT2D eigenvalue weighted by atomic mass is 35.5. The second kappa shape index (κ2) is 8.34. The molecule has 2 aromatic rings. The summed E-state index contributed by atoms with van der Waals surface area (Å²) in [5.74, 6) is -0.322. The largest absolute Gasteiger partial charge is 0.299 e. The van der Waals surface area contributed by atoms with Gasteiger partial charge in [0.25, 0.3) is 11.6 Å². The molecule has 0 bridgehead atoms. The first-order chi connectivity index (χ1) is 12.9. The van der Waals surface area contributed by atoms with Crippen LogP contribution in [-0.2, 0) is 4.79 Å². The predicted molar refractivity (Wildman–Crippen MR) is 108 cm³/mol. The first kappa shape index (κ1) is 19.1. The standard InChI is InChI=1S/C17H10Cl2N4O3S/c18-12-4-3-11(14(19)8-12)9-20-22-17-21-16(24)15(27-17)7-10-1-5-13(6-2-10)23(25)26/h1-9H,(H,21,22,24)/b15-7+,20-9-. The molecule has 3 rings (SSSR count). The van der Waals surface area contributed by atoms with Crippen LogP contribution in [0, 0.1) is 10.1 Å². The molecule has 0 saturated carbocycles. The van der Waals surface area contributed by atoms with Gasteiger partial charge in [-0.1, -0.05) is 29.3 Å². The fourth-order valence-corrected chi connectivity index (χ4v) is 3.30. The van der Waals surface area contributed by atoms with Crippen molar-refractivity contribution in [3.63, 3.8) is 0 Å². The molecule has 0 aliphatic carbocycles. The van der Waals surface area contributed by atoms with E-state index in [0.29, 0.717) is 31.2 Å². The Hall–Kier alpha value is -2.68. The number of halogens is 2. The summed E-state index contributed by atoms with van der Waals surface area (Å²) in [5, 5.41) is 22.4. The summed E-state index contributed by atoms with van der Waals surface area (Å²) in [4.78, 5) is 22.6. The lowest BCUT2D eigenvalue weighted by Crippen LogP contribution is -2.19. The van der Waals surface area contributed by atoms with Crippen LogP contribution in [-0.4, -0.2) is 22.2 Å². The van der Waals surface area contributed by atoms with E-state index in [4.69, 9.17) is 23.2 Å². The van der Waals surface area contributed by atoms with Crippen LogP contribution in [0.25, 0.3) is 6.08 Å². The van der Waals surface area contributed by atoms with E-state index in [1.807, 2.05) is 0 Å². The van der Waals surface area contributed by atoms with Crippen LogP contribution < -0.4 is 5.32 Å². The second-order valence-corrected chi connectivity index (χ2v) is 7.10. The van der Waals surface area contributed by atoms with E-state index in [9.17, 15) is 14.9 Å². The molecule has 1 N–H and O–H groups in total. The first-order valence-corrected chi connectivity index (χ1v) is 9.01. The molecule has 1 saturated heterocycles. The van der Waals surface area contributed by atoms with Gasteiger partial charge in [-0.3, -0.25) is 20.2 Å². The minimum absolute atomic E-state index is 0.0156. The molecule has 1 fully saturated rings. The smallest absolute Gasteiger partial charge is 0.269 e. The van der Waals surface area contributed by atoms with Crippen molar-refractivity contribution in [1.82, 2.24) is 5.32 Å². The number of non-ortho nitro benzene ring substituents is 1. The van der Waals surface area contributed by atoms with Crippen LogP contribution >= 0.6 is 35.0 Å². The van der Waals surface area contributed by atoms with Crippen molar-refractivity contribution in [1.29, 1.82) is 0 Å². The first-order valence-electron chi connectivity index (χ1n) is 7.44. The molecule has 0 spiro atoms. The molecular formula is C17H10Cl2N4O3S. The van der Waals surface area contributed by atoms with Crippen LogP contribution in [0.3, 0.4) is 0 Å². The van der Waals surface area contributed by atoms with Gasteiger partial charge < -0.3 is 0 Å². The van der Waals surface area contributed by atoms with Gasteiger partial charge in [0.05, 0.1) is 21.1 Å². The maximum absolute atomic E-state index is 12.0. The number of hydrogen-bond donors (Lipinski definition) is 1. The number of rotatable bonds is 4. The summed E-state index contributed by atoms with van der Waals surface area (Å²) in [7, 11) is 0. The summed E-state index contributed by atoms with van der Waals surface area (Å²) in [6.45, 7) is 0. The molecule has 1 heterocycles. The Morgan fingerprint density at radius 1 is 1.15 bits per heavy atom. The van der Waals surface area contributed by atoms with E-state index in [0.717, 1.165) is 11.8 Å². The highest BCUT2D eigenvalue weighted by Crippen LogP contribution is 2.26. The Labute approximate surface area is 167 Å². The number of nitrogens with zero attached hydrogens (tertiary/aromatic N) is 3. The number of nitro benzene ring substituents is 1. The van der Waals surface area contributed by atoms with E-state index in [-0.39, 0.29) is 11.6 Å². The summed E-state index contributed by atoms with van der Waals surface area (Å²) in [6.07, 6.45) is 3.07. The lowest BCUT2D eigenvalue weighted by molar-refractivity contribution is -0.384. The van der Waals surface area contributed by atoms with Crippen LogP contribution in [0.4, 0.5) is 5.69 Å². The van der Waals surface area contributed by atoms with Gasteiger partial charge in [0.1, 0.15) is 0 Å². The van der Waals surface area contributed by atoms with Gasteiger partial charge in [0.15, 0.2) is 5.17 Å². The zero-order chi connectivity index (χ0) is 19.4. The molecule has 7 nitrogen and oxygen atoms in total. The molecule has 27 heavy (non-hydrogen) atoms. The molecular weight excluding hydrogens is 411 g/mol. The van der Waals surface area contributed by atoms with Gasteiger partial charge in [-0.25, -0.2) is 0 Å². The number of thioether (sulfide) groups is 1. The monoisotopic (exact) mass is 420 g/mol. The van der Waals surface area contributed by atoms with Crippen molar-refractivity contribution in [2.75, 3.05) is 0 Å². The van der Waals surface area contributed by atoms with E-state index in [2.05, 4.69) is 15.5 Å². The number of carbonyl (C=O) groups is 1. The fraction of sp³-hybridized carbons (Fsp3) is 0. The maximum atomic E-state index is 12.0. The minimum Gasteiger partial charge on any atom is -0.299 e. The number of nitro groups is 1. The number of amidine groups is 1. The van der Waals surface area contributed by atoms with Crippen LogP contribution in [0.5, 0.6) is 0 Å². The van der Waals surface area contributed by atoms with Gasteiger partial charge in [0, 0.05) is 22.7 Å². The van der Waals surface area contributed by atoms with Gasteiger partial charge in [-0.2, -0.15) is 5.10 Å². The van der Waals surface area contributed by atoms with Crippen molar-refractivity contribution in [3.8, 4) is 0 Å². The minimum atomic E-state index is -0.482. The van der Waals surface area contributed by atoms with Crippen molar-refractivity contribution < 1.29 is 9.72 Å². The SMILES string of the molecule is O=C1N/C(=N\N=C/c2ccc(Cl)cc2Cl)S/C1=C/c1ccc([N+](=O)[O-])cc1. The molecule has 1 aliphatic heterocycles. The molecule has 10 heteroatoms. The molecule has 0 unspecified atom stereocenters. The lowest BCUT2D eigenvalue weighted by atomic mass is 10.2. The predicted octanol–water partition coefficient (Wildman–Crippen LogP) is 4.50. The number of benzene rings is 2. The van der Waals surface area contributed by atoms with E-state index >= 15 is 0 Å². The zero-order valence-electron chi connectivity index (χ0n) is 13.4.